The number of carboxylic acids is 1. The van der Waals surface area contributed by atoms with E-state index >= 15 is 0 Å². The highest BCUT2D eigenvalue weighted by Gasteiger charge is 2.32. The molecule has 1 fully saturated rings. The number of aliphatic carboxylic acids is 1. The van der Waals surface area contributed by atoms with Crippen LogP contribution in [0.3, 0.4) is 0 Å². The Morgan fingerprint density at radius 2 is 2.35 bits per heavy atom. The summed E-state index contributed by atoms with van der Waals surface area (Å²) in [4.78, 5) is 24.1. The van der Waals surface area contributed by atoms with E-state index in [1.807, 2.05) is 0 Å². The maximum atomic E-state index is 11.8. The van der Waals surface area contributed by atoms with Gasteiger partial charge in [0.15, 0.2) is 0 Å². The summed E-state index contributed by atoms with van der Waals surface area (Å²) in [5, 5.41) is 8.95. The number of rotatable bonds is 3. The van der Waals surface area contributed by atoms with E-state index in [1.54, 1.807) is 18.2 Å². The summed E-state index contributed by atoms with van der Waals surface area (Å²) >= 11 is 0. The SMILES string of the molecule is O=C(O)C1CCCN1C(=O)/C=C/c1ccco1. The molecule has 0 aromatic carbocycles. The molecule has 1 N–H and O–H groups in total. The van der Waals surface area contributed by atoms with Gasteiger partial charge in [-0.3, -0.25) is 4.79 Å². The molecule has 2 heterocycles. The average Bonchev–Trinajstić information content (AvgIpc) is 2.96. The molecule has 0 radical (unpaired) electrons. The molecule has 0 bridgehead atoms. The van der Waals surface area contributed by atoms with Crippen molar-refractivity contribution in [3.8, 4) is 0 Å². The lowest BCUT2D eigenvalue weighted by atomic mass is 10.2. The van der Waals surface area contributed by atoms with Gasteiger partial charge in [0.05, 0.1) is 6.26 Å². The molecule has 1 aromatic heterocycles. The summed E-state index contributed by atoms with van der Waals surface area (Å²) in [6.45, 7) is 0.498. The van der Waals surface area contributed by atoms with E-state index in [4.69, 9.17) is 9.52 Å². The summed E-state index contributed by atoms with van der Waals surface area (Å²) in [6.07, 6.45) is 5.66. The Morgan fingerprint density at radius 3 is 3.00 bits per heavy atom. The minimum Gasteiger partial charge on any atom is -0.480 e. The smallest absolute Gasteiger partial charge is 0.326 e. The molecule has 5 heteroatoms. The van der Waals surface area contributed by atoms with Crippen LogP contribution in [-0.4, -0.2) is 34.5 Å². The van der Waals surface area contributed by atoms with Gasteiger partial charge in [-0.15, -0.1) is 0 Å². The van der Waals surface area contributed by atoms with E-state index in [1.165, 1.54) is 17.2 Å². The third-order valence-electron chi connectivity index (χ3n) is 2.75. The molecule has 0 saturated carbocycles. The lowest BCUT2D eigenvalue weighted by Crippen LogP contribution is -2.39. The van der Waals surface area contributed by atoms with Crippen LogP contribution in [0.25, 0.3) is 6.08 Å². The second-order valence-electron chi connectivity index (χ2n) is 3.88. The topological polar surface area (TPSA) is 70.8 Å². The van der Waals surface area contributed by atoms with Crippen LogP contribution in [0.2, 0.25) is 0 Å². The molecule has 1 aliphatic heterocycles. The fourth-order valence-corrected chi connectivity index (χ4v) is 1.92. The summed E-state index contributed by atoms with van der Waals surface area (Å²) in [5.74, 6) is -0.655. The Balaban J connectivity index is 2.02. The molecule has 90 valence electrons. The van der Waals surface area contributed by atoms with E-state index in [0.717, 1.165) is 6.42 Å². The Hall–Kier alpha value is -2.04. The van der Waals surface area contributed by atoms with Crippen LogP contribution in [0, 0.1) is 0 Å². The molecule has 5 nitrogen and oxygen atoms in total. The van der Waals surface area contributed by atoms with Crippen molar-refractivity contribution in [3.63, 3.8) is 0 Å². The second-order valence-corrected chi connectivity index (χ2v) is 3.88. The number of likely N-dealkylation sites (tertiary alicyclic amines) is 1. The third kappa shape index (κ3) is 2.55. The van der Waals surface area contributed by atoms with Crippen molar-refractivity contribution in [2.45, 2.75) is 18.9 Å². The van der Waals surface area contributed by atoms with E-state index in [0.29, 0.717) is 18.7 Å². The highest BCUT2D eigenvalue weighted by Crippen LogP contribution is 2.18. The van der Waals surface area contributed by atoms with Gasteiger partial charge in [0.1, 0.15) is 11.8 Å². The van der Waals surface area contributed by atoms with Crippen molar-refractivity contribution in [2.75, 3.05) is 6.54 Å². The Labute approximate surface area is 98.3 Å². The molecular weight excluding hydrogens is 222 g/mol. The Bertz CT molecular complexity index is 435. The summed E-state index contributed by atoms with van der Waals surface area (Å²) in [5.41, 5.74) is 0. The molecule has 2 rings (SSSR count). The van der Waals surface area contributed by atoms with Crippen LogP contribution in [0.15, 0.2) is 28.9 Å². The minimum absolute atomic E-state index is 0.286. The van der Waals surface area contributed by atoms with E-state index in [2.05, 4.69) is 0 Å². The number of amides is 1. The number of nitrogens with zero attached hydrogens (tertiary/aromatic N) is 1. The maximum Gasteiger partial charge on any atom is 0.326 e. The largest absolute Gasteiger partial charge is 0.480 e. The van der Waals surface area contributed by atoms with Crippen molar-refractivity contribution in [2.24, 2.45) is 0 Å². The standard InChI is InChI=1S/C12H13NO4/c14-11(6-5-9-3-2-8-17-9)13-7-1-4-10(13)12(15)16/h2-3,5-6,8,10H,1,4,7H2,(H,15,16)/b6-5+. The second kappa shape index (κ2) is 4.86. The molecule has 17 heavy (non-hydrogen) atoms. The van der Waals surface area contributed by atoms with Crippen molar-refractivity contribution in [1.82, 2.24) is 4.90 Å². The molecule has 1 saturated heterocycles. The number of hydrogen-bond acceptors (Lipinski definition) is 3. The quantitative estimate of drug-likeness (QED) is 0.803. The zero-order valence-corrected chi connectivity index (χ0v) is 9.20. The third-order valence-corrected chi connectivity index (χ3v) is 2.75. The molecule has 1 amide bonds. The Kier molecular flexibility index (Phi) is 3.27. The molecule has 0 aliphatic carbocycles. The van der Waals surface area contributed by atoms with Crippen molar-refractivity contribution in [3.05, 3.63) is 30.2 Å². The van der Waals surface area contributed by atoms with Gasteiger partial charge in [-0.25, -0.2) is 4.79 Å². The predicted molar refractivity (Wildman–Crippen MR) is 60.1 cm³/mol. The molecule has 0 spiro atoms. The summed E-state index contributed by atoms with van der Waals surface area (Å²) in [6, 6.07) is 2.76. The zero-order valence-electron chi connectivity index (χ0n) is 9.20. The van der Waals surface area contributed by atoms with Crippen molar-refractivity contribution < 1.29 is 19.1 Å². The number of hydrogen-bond donors (Lipinski definition) is 1. The molecule has 1 unspecified atom stereocenters. The van der Waals surface area contributed by atoms with Gasteiger partial charge in [-0.05, 0) is 31.1 Å². The predicted octanol–water partition coefficient (Wildman–Crippen LogP) is 1.37. The molecule has 1 aromatic rings. The highest BCUT2D eigenvalue weighted by atomic mass is 16.4. The monoisotopic (exact) mass is 235 g/mol. The molecule has 1 atom stereocenters. The van der Waals surface area contributed by atoms with Gasteiger partial charge < -0.3 is 14.4 Å². The first-order valence-electron chi connectivity index (χ1n) is 5.43. The zero-order chi connectivity index (χ0) is 12.3. The first-order valence-corrected chi connectivity index (χ1v) is 5.43. The van der Waals surface area contributed by atoms with Crippen LogP contribution in [0.5, 0.6) is 0 Å². The van der Waals surface area contributed by atoms with Crippen LogP contribution in [0.4, 0.5) is 0 Å². The van der Waals surface area contributed by atoms with Crippen LogP contribution >= 0.6 is 0 Å². The molecule has 1 aliphatic rings. The average molecular weight is 235 g/mol. The fraction of sp³-hybridized carbons (Fsp3) is 0.333. The number of carbonyl (C=O) groups is 2. The minimum atomic E-state index is -0.942. The van der Waals surface area contributed by atoms with Crippen molar-refractivity contribution in [1.29, 1.82) is 0 Å². The summed E-state index contributed by atoms with van der Waals surface area (Å²) in [7, 11) is 0. The Morgan fingerprint density at radius 1 is 1.53 bits per heavy atom. The number of carboxylic acid groups (broad SMARTS) is 1. The van der Waals surface area contributed by atoms with Gasteiger partial charge in [0, 0.05) is 12.6 Å². The van der Waals surface area contributed by atoms with E-state index < -0.39 is 12.0 Å². The first kappa shape index (κ1) is 11.4. The van der Waals surface area contributed by atoms with Gasteiger partial charge in [0.25, 0.3) is 0 Å². The summed E-state index contributed by atoms with van der Waals surface area (Å²) < 4.78 is 5.05. The van der Waals surface area contributed by atoms with Crippen LogP contribution < -0.4 is 0 Å². The number of carbonyl (C=O) groups excluding carboxylic acids is 1. The van der Waals surface area contributed by atoms with Gasteiger partial charge in [-0.1, -0.05) is 0 Å². The maximum absolute atomic E-state index is 11.8. The number of furan rings is 1. The van der Waals surface area contributed by atoms with Gasteiger partial charge in [0.2, 0.25) is 5.91 Å². The molecular formula is C12H13NO4. The lowest BCUT2D eigenvalue weighted by Gasteiger charge is -2.19. The van der Waals surface area contributed by atoms with E-state index in [-0.39, 0.29) is 5.91 Å². The van der Waals surface area contributed by atoms with E-state index in [9.17, 15) is 9.59 Å². The van der Waals surface area contributed by atoms with Crippen molar-refractivity contribution >= 4 is 18.0 Å². The van der Waals surface area contributed by atoms with Gasteiger partial charge >= 0.3 is 5.97 Å². The fourth-order valence-electron chi connectivity index (χ4n) is 1.92. The van der Waals surface area contributed by atoms with Crippen LogP contribution in [-0.2, 0) is 9.59 Å². The lowest BCUT2D eigenvalue weighted by molar-refractivity contribution is -0.146. The normalized spacial score (nSPS) is 20.0. The highest BCUT2D eigenvalue weighted by molar-refractivity contribution is 5.94. The van der Waals surface area contributed by atoms with Gasteiger partial charge in [-0.2, -0.15) is 0 Å². The first-order chi connectivity index (χ1) is 8.18. The van der Waals surface area contributed by atoms with Crippen LogP contribution in [0.1, 0.15) is 18.6 Å².